The Morgan fingerprint density at radius 1 is 0.533 bits per heavy atom. The van der Waals surface area contributed by atoms with Crippen molar-refractivity contribution in [2.24, 2.45) is 0 Å². The minimum absolute atomic E-state index is 0.0466. The number of carbonyl (C=O) groups excluding carboxylic acids is 4. The molecular weight excluding hydrogens is 753 g/mol. The third-order valence-electron chi connectivity index (χ3n) is 11.6. The zero-order valence-corrected chi connectivity index (χ0v) is 38.8. The number of para-hydroxylation sites is 1. The van der Waals surface area contributed by atoms with Gasteiger partial charge in [0, 0.05) is 37.4 Å². The van der Waals surface area contributed by atoms with Gasteiger partial charge in [-0.2, -0.15) is 0 Å². The highest BCUT2D eigenvalue weighted by Gasteiger charge is 2.21. The lowest BCUT2D eigenvalue weighted by atomic mass is 10.0. The molecule has 342 valence electrons. The van der Waals surface area contributed by atoms with Crippen LogP contribution in [-0.2, 0) is 35.0 Å². The molecule has 0 unspecified atom stereocenters. The zero-order valence-electron chi connectivity index (χ0n) is 38.8. The second-order valence-corrected chi connectivity index (χ2v) is 17.5. The number of rotatable bonds is 39. The van der Waals surface area contributed by atoms with Gasteiger partial charge in [-0.25, -0.2) is 0 Å². The van der Waals surface area contributed by atoms with Gasteiger partial charge in [-0.15, -0.1) is 0 Å². The molecule has 1 heterocycles. The van der Waals surface area contributed by atoms with Crippen LogP contribution in [0.2, 0.25) is 0 Å². The van der Waals surface area contributed by atoms with Crippen molar-refractivity contribution in [3.8, 4) is 0 Å². The van der Waals surface area contributed by atoms with Crippen molar-refractivity contribution in [2.75, 3.05) is 33.9 Å². The number of esters is 3. The number of ether oxygens (including phenoxy) is 3. The average molecular weight is 839 g/mol. The number of likely N-dealkylation sites (N-methyl/N-ethyl adjacent to an activating group) is 1. The van der Waals surface area contributed by atoms with E-state index < -0.39 is 12.1 Å². The van der Waals surface area contributed by atoms with Crippen LogP contribution in [0.4, 0.5) is 0 Å². The van der Waals surface area contributed by atoms with Crippen molar-refractivity contribution in [3.63, 3.8) is 0 Å². The molecule has 0 aliphatic heterocycles. The van der Waals surface area contributed by atoms with Gasteiger partial charge in [0.25, 0.3) is 0 Å². The molecule has 0 saturated heterocycles. The Morgan fingerprint density at radius 2 is 0.950 bits per heavy atom. The van der Waals surface area contributed by atoms with Crippen molar-refractivity contribution in [3.05, 3.63) is 36.0 Å². The number of aromatic nitrogens is 1. The van der Waals surface area contributed by atoms with Crippen LogP contribution in [0.15, 0.2) is 30.5 Å². The Bertz CT molecular complexity index is 1370. The molecule has 2 aromatic rings. The highest BCUT2D eigenvalue weighted by atomic mass is 16.6. The lowest BCUT2D eigenvalue weighted by molar-refractivity contribution is -0.166. The van der Waals surface area contributed by atoms with Gasteiger partial charge in [-0.1, -0.05) is 186 Å². The number of hydrogen-bond donors (Lipinski definition) is 0. The summed E-state index contributed by atoms with van der Waals surface area (Å²) in [5.74, 6) is -1.50. The molecule has 2 rings (SSSR count). The molecule has 0 atom stereocenters. The Balaban J connectivity index is 1.77. The normalized spacial score (nSPS) is 11.5. The van der Waals surface area contributed by atoms with Gasteiger partial charge in [-0.05, 0) is 45.0 Å². The number of nitrogens with zero attached hydrogens (tertiary/aromatic N) is 2. The molecular formula is C51H86N2O7. The summed E-state index contributed by atoms with van der Waals surface area (Å²) in [5, 5.41) is 1.02. The summed E-state index contributed by atoms with van der Waals surface area (Å²) in [5.41, 5.74) is 1.89. The lowest BCUT2D eigenvalue weighted by Crippen LogP contribution is -2.31. The van der Waals surface area contributed by atoms with E-state index in [4.69, 9.17) is 14.2 Å². The Kier molecular flexibility index (Phi) is 31.2. The molecule has 0 aliphatic rings. The molecule has 0 N–H and O–H groups in total. The fourth-order valence-electron chi connectivity index (χ4n) is 7.78. The summed E-state index contributed by atoms with van der Waals surface area (Å²) in [6, 6.07) is 7.80. The quantitative estimate of drug-likeness (QED) is 0.0372. The van der Waals surface area contributed by atoms with Crippen LogP contribution in [-0.4, -0.2) is 73.2 Å². The van der Waals surface area contributed by atoms with Gasteiger partial charge < -0.3 is 19.1 Å². The molecule has 0 aliphatic carbocycles. The molecule has 0 amide bonds. The van der Waals surface area contributed by atoms with E-state index in [2.05, 4.69) is 18.7 Å². The van der Waals surface area contributed by atoms with E-state index in [0.717, 1.165) is 68.0 Å². The summed E-state index contributed by atoms with van der Waals surface area (Å²) in [6.07, 6.45) is 34.0. The summed E-state index contributed by atoms with van der Waals surface area (Å²) < 4.78 is 18.4. The maximum atomic E-state index is 13.4. The second kappa shape index (κ2) is 35.4. The Hall–Kier alpha value is -3.20. The predicted octanol–water partition coefficient (Wildman–Crippen LogP) is 13.1. The second-order valence-electron chi connectivity index (χ2n) is 17.5. The maximum Gasteiger partial charge on any atom is 0.306 e. The van der Waals surface area contributed by atoms with Gasteiger partial charge in [0.2, 0.25) is 5.91 Å². The van der Waals surface area contributed by atoms with Crippen LogP contribution < -0.4 is 0 Å². The van der Waals surface area contributed by atoms with Gasteiger partial charge in [0.1, 0.15) is 13.2 Å². The molecule has 1 aromatic heterocycles. The minimum Gasteiger partial charge on any atom is -0.462 e. The summed E-state index contributed by atoms with van der Waals surface area (Å²) >= 11 is 0. The van der Waals surface area contributed by atoms with Crippen LogP contribution in [0, 0.1) is 0 Å². The van der Waals surface area contributed by atoms with Gasteiger partial charge >= 0.3 is 17.9 Å². The van der Waals surface area contributed by atoms with Crippen LogP contribution in [0.1, 0.15) is 217 Å². The van der Waals surface area contributed by atoms with Crippen LogP contribution >= 0.6 is 0 Å². The van der Waals surface area contributed by atoms with E-state index in [-0.39, 0.29) is 43.9 Å². The summed E-state index contributed by atoms with van der Waals surface area (Å²) in [4.78, 5) is 53.9. The van der Waals surface area contributed by atoms with Crippen molar-refractivity contribution in [2.45, 2.75) is 219 Å². The molecule has 9 heteroatoms. The topological polar surface area (TPSA) is 104 Å². The monoisotopic (exact) mass is 839 g/mol. The van der Waals surface area contributed by atoms with E-state index in [1.807, 2.05) is 44.6 Å². The lowest BCUT2D eigenvalue weighted by Gasteiger charge is -2.18. The standard InChI is InChI=1S/C51H86N2O7/c1-5-7-9-11-13-15-17-19-21-23-25-27-29-35-49(55)58-42-45(43-59-50(56)36-30-28-26-24-22-20-18-16-14-12-10-8-6-2)60-51(57)38-37-48(54)53-41-44(39-40-52(3)4)46-33-31-32-34-47(46)53/h31-34,41,45H,5-30,35-40,42-43H2,1-4H3. The number of hydrogen-bond acceptors (Lipinski definition) is 8. The largest absolute Gasteiger partial charge is 0.462 e. The number of fused-ring (bicyclic) bond motifs is 1. The fourth-order valence-corrected chi connectivity index (χ4v) is 7.78. The first-order valence-electron chi connectivity index (χ1n) is 24.5. The van der Waals surface area contributed by atoms with E-state index in [1.54, 1.807) is 4.57 Å². The zero-order chi connectivity index (χ0) is 43.5. The van der Waals surface area contributed by atoms with Crippen molar-refractivity contribution >= 4 is 34.7 Å². The van der Waals surface area contributed by atoms with E-state index in [1.165, 1.54) is 128 Å². The first kappa shape index (κ1) is 52.9. The minimum atomic E-state index is -0.941. The molecule has 0 bridgehead atoms. The molecule has 0 spiro atoms. The Morgan fingerprint density at radius 3 is 1.38 bits per heavy atom. The van der Waals surface area contributed by atoms with E-state index in [9.17, 15) is 19.2 Å². The van der Waals surface area contributed by atoms with E-state index in [0.29, 0.717) is 12.8 Å². The van der Waals surface area contributed by atoms with Crippen LogP contribution in [0.25, 0.3) is 10.9 Å². The summed E-state index contributed by atoms with van der Waals surface area (Å²) in [7, 11) is 4.04. The SMILES string of the molecule is CCCCCCCCCCCCCCCC(=O)OCC(COC(=O)CCCCCCCCCCCCCCC)OC(=O)CCC(=O)n1cc(CCN(C)C)c2ccccc21. The van der Waals surface area contributed by atoms with Crippen LogP contribution in [0.5, 0.6) is 0 Å². The maximum absolute atomic E-state index is 13.4. The summed E-state index contributed by atoms with van der Waals surface area (Å²) in [6.45, 7) is 4.97. The highest BCUT2D eigenvalue weighted by molar-refractivity contribution is 5.95. The molecule has 0 fully saturated rings. The number of benzene rings is 1. The molecule has 1 aromatic carbocycles. The Labute approximate surface area is 365 Å². The molecule has 0 saturated carbocycles. The number of carbonyl (C=O) groups is 4. The first-order chi connectivity index (χ1) is 29.2. The van der Waals surface area contributed by atoms with Crippen molar-refractivity contribution < 1.29 is 33.4 Å². The van der Waals surface area contributed by atoms with Crippen molar-refractivity contribution in [1.82, 2.24) is 9.47 Å². The highest BCUT2D eigenvalue weighted by Crippen LogP contribution is 2.23. The van der Waals surface area contributed by atoms with E-state index >= 15 is 0 Å². The van der Waals surface area contributed by atoms with Gasteiger partial charge in [0.05, 0.1) is 11.9 Å². The number of unbranched alkanes of at least 4 members (excludes halogenated alkanes) is 24. The van der Waals surface area contributed by atoms with Gasteiger partial charge in [0.15, 0.2) is 6.10 Å². The van der Waals surface area contributed by atoms with Crippen molar-refractivity contribution in [1.29, 1.82) is 0 Å². The molecule has 9 nitrogen and oxygen atoms in total. The van der Waals surface area contributed by atoms with Gasteiger partial charge in [-0.3, -0.25) is 23.7 Å². The third-order valence-corrected chi connectivity index (χ3v) is 11.6. The first-order valence-corrected chi connectivity index (χ1v) is 24.5. The average Bonchev–Trinajstić information content (AvgIpc) is 3.62. The molecule has 60 heavy (non-hydrogen) atoms. The molecule has 0 radical (unpaired) electrons. The fraction of sp³-hybridized carbons (Fsp3) is 0.765. The van der Waals surface area contributed by atoms with Crippen LogP contribution in [0.3, 0.4) is 0 Å². The third kappa shape index (κ3) is 26.2. The predicted molar refractivity (Wildman–Crippen MR) is 246 cm³/mol. The smallest absolute Gasteiger partial charge is 0.306 e.